The van der Waals surface area contributed by atoms with Crippen LogP contribution in [0.25, 0.3) is 16.7 Å². The zero-order valence-corrected chi connectivity index (χ0v) is 24.8. The van der Waals surface area contributed by atoms with Gasteiger partial charge in [-0.05, 0) is 55.4 Å². The van der Waals surface area contributed by atoms with Crippen molar-refractivity contribution in [3.05, 3.63) is 83.6 Å². The summed E-state index contributed by atoms with van der Waals surface area (Å²) in [6.07, 6.45) is 9.12. The van der Waals surface area contributed by atoms with Crippen LogP contribution in [0, 0.1) is 17.0 Å². The lowest BCUT2D eigenvalue weighted by Gasteiger charge is -2.34. The van der Waals surface area contributed by atoms with Gasteiger partial charge in [0.2, 0.25) is 0 Å². The largest absolute Gasteiger partial charge is 0.471 e. The number of nitrogens with zero attached hydrogens (tertiary/aromatic N) is 6. The lowest BCUT2D eigenvalue weighted by Crippen LogP contribution is -2.36. The highest BCUT2D eigenvalue weighted by molar-refractivity contribution is 5.93. The number of pyridine rings is 2. The smallest absolute Gasteiger partial charge is 0.337 e. The molecule has 6 heterocycles. The molecule has 232 valence electrons. The first kappa shape index (κ1) is 27.9. The van der Waals surface area contributed by atoms with Crippen LogP contribution < -0.4 is 9.64 Å². The molecular formula is C33H32F2N6O4. The number of carbonyl (C=O) groups is 1. The molecule has 2 atom stereocenters. The van der Waals surface area contributed by atoms with E-state index in [-0.39, 0.29) is 41.7 Å². The second-order valence-electron chi connectivity index (χ2n) is 12.3. The number of piperidine rings is 1. The lowest BCUT2D eigenvalue weighted by molar-refractivity contribution is -0.0590. The normalized spacial score (nSPS) is 20.5. The number of carbonyl (C=O) groups excluding carboxylic acids is 1. The molecule has 3 fully saturated rings. The summed E-state index contributed by atoms with van der Waals surface area (Å²) < 4.78 is 50.2. The van der Waals surface area contributed by atoms with Gasteiger partial charge in [0.1, 0.15) is 18.1 Å². The summed E-state index contributed by atoms with van der Waals surface area (Å²) in [6.45, 7) is 2.69. The van der Waals surface area contributed by atoms with Crippen LogP contribution >= 0.6 is 0 Å². The molecule has 1 unspecified atom stereocenters. The second-order valence-corrected chi connectivity index (χ2v) is 12.3. The standard InChI is InChI=1S/C33H32F2N6O4/c1-43-32(42)21-3-4-26-27(14-21)41(18-22-6-13-44-22)29(37-26)23-16-33(23)7-10-39(11-8-33)30-24(34)15-25(35)31(38-30)45-19-20-2-5-28-36-9-12-40(28)17-20/h2-5,9,12,14-15,17,22-23H,6-8,10-11,13,16,18-19H2,1H3/t22-,23?/m0/s1. The summed E-state index contributed by atoms with van der Waals surface area (Å²) in [5.41, 5.74) is 3.88. The summed E-state index contributed by atoms with van der Waals surface area (Å²) in [5.74, 6) is -0.786. The van der Waals surface area contributed by atoms with Crippen molar-refractivity contribution in [3.63, 3.8) is 0 Å². The van der Waals surface area contributed by atoms with E-state index < -0.39 is 11.6 Å². The highest BCUT2D eigenvalue weighted by Crippen LogP contribution is 2.65. The average molecular weight is 615 g/mol. The fraction of sp³-hybridized carbons (Fsp3) is 0.394. The van der Waals surface area contributed by atoms with Gasteiger partial charge in [0.25, 0.3) is 5.88 Å². The molecule has 5 aromatic rings. The van der Waals surface area contributed by atoms with Gasteiger partial charge in [-0.1, -0.05) is 6.07 Å². The van der Waals surface area contributed by atoms with Crippen LogP contribution in [0.15, 0.2) is 55.0 Å². The molecule has 45 heavy (non-hydrogen) atoms. The van der Waals surface area contributed by atoms with E-state index in [4.69, 9.17) is 19.2 Å². The first-order valence-electron chi connectivity index (χ1n) is 15.3. The lowest BCUT2D eigenvalue weighted by atomic mass is 9.90. The fourth-order valence-electron chi connectivity index (χ4n) is 6.87. The number of hydrogen-bond acceptors (Lipinski definition) is 8. The third-order valence-electron chi connectivity index (χ3n) is 9.64. The van der Waals surface area contributed by atoms with Gasteiger partial charge in [-0.2, -0.15) is 4.98 Å². The quantitative estimate of drug-likeness (QED) is 0.218. The first-order valence-corrected chi connectivity index (χ1v) is 15.3. The van der Waals surface area contributed by atoms with Crippen LogP contribution in [-0.2, 0) is 22.6 Å². The maximum atomic E-state index is 15.0. The van der Waals surface area contributed by atoms with Gasteiger partial charge >= 0.3 is 5.97 Å². The number of fused-ring (bicyclic) bond motifs is 2. The third-order valence-corrected chi connectivity index (χ3v) is 9.64. The molecule has 1 spiro atoms. The van der Waals surface area contributed by atoms with Gasteiger partial charge in [-0.15, -0.1) is 0 Å². The zero-order valence-electron chi connectivity index (χ0n) is 24.8. The highest BCUT2D eigenvalue weighted by atomic mass is 19.1. The molecule has 10 nitrogen and oxygen atoms in total. The van der Waals surface area contributed by atoms with Crippen molar-refractivity contribution in [1.29, 1.82) is 0 Å². The minimum absolute atomic E-state index is 0.0447. The second kappa shape index (κ2) is 10.8. The van der Waals surface area contributed by atoms with Gasteiger partial charge in [0.15, 0.2) is 17.5 Å². The molecule has 8 rings (SSSR count). The number of imidazole rings is 2. The van der Waals surface area contributed by atoms with Gasteiger partial charge < -0.3 is 28.1 Å². The summed E-state index contributed by atoms with van der Waals surface area (Å²) in [5, 5.41) is 0. The SMILES string of the molecule is COC(=O)c1ccc2nc(C3CC34CCN(c3nc(OCc5ccc6nccn6c5)c(F)cc3F)CC4)n(C[C@@H]3CCO3)c2c1. The molecule has 0 amide bonds. The van der Waals surface area contributed by atoms with Crippen molar-refractivity contribution in [1.82, 2.24) is 23.9 Å². The third kappa shape index (κ3) is 4.97. The van der Waals surface area contributed by atoms with Crippen LogP contribution in [0.1, 0.15) is 53.3 Å². The number of benzene rings is 1. The van der Waals surface area contributed by atoms with E-state index in [9.17, 15) is 9.18 Å². The number of anilines is 1. The summed E-state index contributed by atoms with van der Waals surface area (Å²) >= 11 is 0. The minimum Gasteiger partial charge on any atom is -0.471 e. The highest BCUT2D eigenvalue weighted by Gasteiger charge is 2.57. The molecule has 12 heteroatoms. The van der Waals surface area contributed by atoms with E-state index in [2.05, 4.69) is 14.5 Å². The van der Waals surface area contributed by atoms with Crippen LogP contribution in [0.2, 0.25) is 0 Å². The molecule has 1 aliphatic carbocycles. The van der Waals surface area contributed by atoms with Crippen molar-refractivity contribution in [2.24, 2.45) is 5.41 Å². The number of methoxy groups -OCH3 is 1. The molecular weight excluding hydrogens is 582 g/mol. The monoisotopic (exact) mass is 614 g/mol. The Morgan fingerprint density at radius 1 is 1.11 bits per heavy atom. The maximum absolute atomic E-state index is 15.0. The number of esters is 1. The van der Waals surface area contributed by atoms with Gasteiger partial charge in [0, 0.05) is 55.8 Å². The van der Waals surface area contributed by atoms with Crippen LogP contribution in [0.5, 0.6) is 5.88 Å². The van der Waals surface area contributed by atoms with E-state index in [1.54, 1.807) is 12.3 Å². The molecule has 3 aliphatic rings. The molecule has 0 bridgehead atoms. The average Bonchev–Trinajstić information content (AvgIpc) is 3.33. The zero-order chi connectivity index (χ0) is 30.7. The predicted molar refractivity (Wildman–Crippen MR) is 160 cm³/mol. The number of hydrogen-bond donors (Lipinski definition) is 0. The van der Waals surface area contributed by atoms with Gasteiger partial charge in [-0.3, -0.25) is 0 Å². The first-order chi connectivity index (χ1) is 21.9. The van der Waals surface area contributed by atoms with E-state index in [1.165, 1.54) is 7.11 Å². The summed E-state index contributed by atoms with van der Waals surface area (Å²) in [6, 6.07) is 10.0. The summed E-state index contributed by atoms with van der Waals surface area (Å²) in [7, 11) is 1.38. The van der Waals surface area contributed by atoms with Gasteiger partial charge in [0.05, 0.1) is 36.4 Å². The molecule has 1 aromatic carbocycles. The van der Waals surface area contributed by atoms with E-state index >= 15 is 4.39 Å². The van der Waals surface area contributed by atoms with Crippen LogP contribution in [0.3, 0.4) is 0 Å². The van der Waals surface area contributed by atoms with Crippen molar-refractivity contribution in [3.8, 4) is 5.88 Å². The molecule has 2 aliphatic heterocycles. The Kier molecular flexibility index (Phi) is 6.70. The Bertz CT molecular complexity index is 1930. The Morgan fingerprint density at radius 2 is 1.96 bits per heavy atom. The van der Waals surface area contributed by atoms with Crippen molar-refractivity contribution in [2.45, 2.75) is 50.9 Å². The molecule has 0 radical (unpaired) electrons. The predicted octanol–water partition coefficient (Wildman–Crippen LogP) is 5.29. The van der Waals surface area contributed by atoms with Crippen LogP contribution in [-0.4, -0.2) is 62.8 Å². The topological polar surface area (TPSA) is 96.0 Å². The molecule has 2 saturated heterocycles. The van der Waals surface area contributed by atoms with Crippen molar-refractivity contribution in [2.75, 3.05) is 31.7 Å². The number of halogens is 2. The Morgan fingerprint density at radius 3 is 2.73 bits per heavy atom. The summed E-state index contributed by atoms with van der Waals surface area (Å²) in [4.78, 5) is 27.7. The Hall–Kier alpha value is -4.58. The van der Waals surface area contributed by atoms with E-state index in [0.29, 0.717) is 25.2 Å². The minimum atomic E-state index is -0.833. The molecule has 1 saturated carbocycles. The number of ether oxygens (including phenoxy) is 3. The molecule has 0 N–H and O–H groups in total. The Balaban J connectivity index is 0.991. The van der Waals surface area contributed by atoms with Crippen molar-refractivity contribution < 1.29 is 27.8 Å². The van der Waals surface area contributed by atoms with E-state index in [1.807, 2.05) is 46.0 Å². The van der Waals surface area contributed by atoms with Gasteiger partial charge in [-0.25, -0.2) is 23.5 Å². The van der Waals surface area contributed by atoms with E-state index in [0.717, 1.165) is 66.4 Å². The molecule has 4 aromatic heterocycles. The fourth-order valence-corrected chi connectivity index (χ4v) is 6.87. The maximum Gasteiger partial charge on any atom is 0.337 e. The van der Waals surface area contributed by atoms with Crippen molar-refractivity contribution >= 4 is 28.5 Å². The number of aromatic nitrogens is 5. The number of rotatable bonds is 8. The van der Waals surface area contributed by atoms with Crippen LogP contribution in [0.4, 0.5) is 14.6 Å². The Labute approximate surface area is 257 Å².